The number of rotatable bonds is 9. The van der Waals surface area contributed by atoms with Gasteiger partial charge in [0, 0.05) is 102 Å². The molecule has 0 aliphatic carbocycles. The van der Waals surface area contributed by atoms with Crippen molar-refractivity contribution in [2.45, 2.75) is 405 Å². The van der Waals surface area contributed by atoms with Crippen LogP contribution >= 0.6 is 44.5 Å². The number of hydrazine groups is 2. The van der Waals surface area contributed by atoms with Gasteiger partial charge in [0.05, 0.1) is 21.1 Å². The molecule has 0 unspecified atom stereocenters. The fourth-order valence-electron chi connectivity index (χ4n) is 3.91. The van der Waals surface area contributed by atoms with E-state index in [1.807, 2.05) is 188 Å². The lowest BCUT2D eigenvalue weighted by Gasteiger charge is -2.29. The van der Waals surface area contributed by atoms with Gasteiger partial charge in [-0.1, -0.05) is 195 Å². The number of aldehydes is 1. The molecule has 0 spiro atoms. The third kappa shape index (κ3) is 150. The summed E-state index contributed by atoms with van der Waals surface area (Å²) >= 11 is 4.56. The van der Waals surface area contributed by atoms with E-state index in [4.69, 9.17) is 34.0 Å². The maximum absolute atomic E-state index is 11.0. The van der Waals surface area contributed by atoms with E-state index in [1.165, 1.54) is 30.9 Å². The second-order valence-corrected chi connectivity index (χ2v) is 50.5. The van der Waals surface area contributed by atoms with Crippen LogP contribution in [0.4, 0.5) is 0 Å². The smallest absolute Gasteiger partial charge is 0.254 e. The molecule has 1 aromatic rings. The summed E-state index contributed by atoms with van der Waals surface area (Å²) in [4.78, 5) is 93.9. The molecule has 0 saturated heterocycles. The molecule has 0 atom stereocenters. The summed E-state index contributed by atoms with van der Waals surface area (Å²) in [5, 5.41) is 7.19. The van der Waals surface area contributed by atoms with Gasteiger partial charge < -0.3 is 26.0 Å². The first kappa shape index (κ1) is 138. The van der Waals surface area contributed by atoms with Crippen molar-refractivity contribution in [2.24, 2.45) is 55.8 Å². The van der Waals surface area contributed by atoms with Crippen molar-refractivity contribution in [3.8, 4) is 0 Å². The van der Waals surface area contributed by atoms with Crippen molar-refractivity contribution in [3.63, 3.8) is 0 Å². The van der Waals surface area contributed by atoms with E-state index in [1.54, 1.807) is 71.7 Å². The molecule has 0 aromatic carbocycles. The van der Waals surface area contributed by atoms with Crippen molar-refractivity contribution in [1.29, 1.82) is 0 Å². The lowest BCUT2D eigenvalue weighted by atomic mass is 9.89. The quantitative estimate of drug-likeness (QED) is 0.0166. The van der Waals surface area contributed by atoms with Crippen LogP contribution in [-0.4, -0.2) is 128 Å². The zero-order valence-electron chi connectivity index (χ0n) is 80.6. The van der Waals surface area contributed by atoms with Crippen molar-refractivity contribution in [2.75, 3.05) is 0 Å². The summed E-state index contributed by atoms with van der Waals surface area (Å²) in [7, 11) is 2.07. The molecule has 12 N–H and O–H groups in total. The maximum atomic E-state index is 11.0. The van der Waals surface area contributed by atoms with Gasteiger partial charge in [-0.2, -0.15) is 0 Å². The highest BCUT2D eigenvalue weighted by molar-refractivity contribution is 8.77. The number of hydrogen-bond donors (Lipinski definition) is 8. The number of carbonyl (C=O) groups is 8. The highest BCUT2D eigenvalue weighted by atomic mass is 35.7. The molecule has 23 nitrogen and oxygen atoms in total. The van der Waals surface area contributed by atoms with E-state index in [9.17, 15) is 55.2 Å². The molecule has 0 fully saturated rings. The van der Waals surface area contributed by atoms with E-state index in [0.29, 0.717) is 41.6 Å². The Morgan fingerprint density at radius 1 is 0.619 bits per heavy atom. The van der Waals surface area contributed by atoms with Crippen LogP contribution in [0.2, 0.25) is 0 Å². The largest absolute Gasteiger partial charge is 0.378 e. The number of pyridine rings is 1. The second-order valence-electron chi connectivity index (χ2n) is 41.4. The van der Waals surface area contributed by atoms with Gasteiger partial charge >= 0.3 is 0 Å². The number of imide groups is 1. The molecule has 1 aliphatic heterocycles. The van der Waals surface area contributed by atoms with Crippen LogP contribution in [0.1, 0.15) is 352 Å². The molecule has 29 heteroatoms. The fraction of sp³-hybridized carbons (Fsp3) is 0.786. The van der Waals surface area contributed by atoms with Gasteiger partial charge in [-0.25, -0.2) is 33.6 Å². The van der Waals surface area contributed by atoms with Gasteiger partial charge in [0.1, 0.15) is 28.7 Å². The van der Waals surface area contributed by atoms with Gasteiger partial charge in [-0.05, 0) is 212 Å². The topological polar surface area (TPSA) is 382 Å². The molecule has 2 rings (SSSR count). The SMILES string of the molecule is C=CS(=O)(=O)C(C)(C)C.CC(=O)C(C)(C)C.CC(=O)CC(C)(C)C.CC(C)(C)C.CC(C)(C)C(=O)NN.CC(C)(C)C=O.CC(C)(C)N.CC(C)(C)N1C(=O)C=CC1=O.CC(C)(C)NC=O.CC(C)(C)NC=S.CC(C)(C)NN.CC(C)(C)ON.CC(C)(C)SSc1ccccn1.CC(C)S(=O)(=O)Cl.CCC(=O)CC(C)(C)C. The molecule has 2 heterocycles. The first-order chi connectivity index (χ1) is 48.9. The summed E-state index contributed by atoms with van der Waals surface area (Å²) in [6.07, 6.45) is 8.15. The van der Waals surface area contributed by atoms with Gasteiger partial charge in [-0.3, -0.25) is 55.2 Å². The molecule has 4 amide bonds. The normalized spacial score (nSPS) is 12.3. The van der Waals surface area contributed by atoms with Crippen molar-refractivity contribution in [1.82, 2.24) is 31.4 Å². The van der Waals surface area contributed by atoms with E-state index in [0.717, 1.165) is 16.7 Å². The van der Waals surface area contributed by atoms with Crippen LogP contribution in [0.5, 0.6) is 0 Å². The Balaban J connectivity index is -0.0000000868. The Bertz CT molecular complexity index is 2900. The minimum Gasteiger partial charge on any atom is -0.378 e. The summed E-state index contributed by atoms with van der Waals surface area (Å²) in [6, 6.07) is 5.98. The van der Waals surface area contributed by atoms with E-state index >= 15 is 0 Å². The zero-order chi connectivity index (χ0) is 95.0. The number of sulfone groups is 1. The Morgan fingerprint density at radius 3 is 1.01 bits per heavy atom. The highest BCUT2D eigenvalue weighted by Crippen LogP contribution is 2.39. The number of thiocarbonyl (C=S) groups is 1. The van der Waals surface area contributed by atoms with Crippen LogP contribution < -0.4 is 44.8 Å². The molecular formula is C84H175ClN10O13S5. The van der Waals surface area contributed by atoms with Gasteiger partial charge in [-0.15, -0.1) is 0 Å². The zero-order valence-corrected chi connectivity index (χ0v) is 85.4. The van der Waals surface area contributed by atoms with Crippen LogP contribution in [0, 0.1) is 32.5 Å². The minimum atomic E-state index is -3.27. The highest BCUT2D eigenvalue weighted by Gasteiger charge is 2.33. The molecule has 1 aromatic heterocycles. The third-order valence-electron chi connectivity index (χ3n) is 10.0. The van der Waals surface area contributed by atoms with Gasteiger partial charge in [0.25, 0.3) is 11.8 Å². The number of hydrogen-bond acceptors (Lipinski definition) is 22. The first-order valence-electron chi connectivity index (χ1n) is 37.6. The monoisotopic (exact) mass is 1730 g/mol. The number of nitrogens with zero attached hydrogens (tertiary/aromatic N) is 2. The molecular weight excluding hydrogens is 1550 g/mol. The number of ketones is 3. The van der Waals surface area contributed by atoms with Gasteiger partial charge in [0.2, 0.25) is 21.4 Å². The average Bonchev–Trinajstić information content (AvgIpc) is 1.73. The molecule has 0 bridgehead atoms. The average molecular weight is 1730 g/mol. The molecule has 113 heavy (non-hydrogen) atoms. The number of amides is 4. The number of nitrogens with one attached hydrogen (secondary N) is 4. The lowest BCUT2D eigenvalue weighted by molar-refractivity contribution is -0.142. The third-order valence-corrected chi connectivity index (χ3v) is 17.7. The number of Topliss-reactive ketones (excluding diaryl/α,β-unsaturated/α-hetero) is 3. The van der Waals surface area contributed by atoms with Crippen molar-refractivity contribution >= 4 is 117 Å². The van der Waals surface area contributed by atoms with E-state index in [2.05, 4.69) is 161 Å². The number of nitrogens with two attached hydrogens (primary N) is 4. The number of aromatic nitrogens is 1. The standard InChI is InChI=1S/C9H13NS2.C8H11NO2.C8H16O.C7H14O.C6H12O2S.C6H12O.C5H12N2O.C5H11NO.C5H11NS.C5H10O.C5H12.C4H12N2.C4H11NO.C4H11N.C3H7ClO2S/c1-9(2,3)12-11-8-6-4-5-7-10-8;1-8(2,3)9-6(10)4-5-7(9)11;1-5-7(9)6-8(2,3)4;1-6(8)5-7(2,3)4;1-5-9(7,8)6(2,3)4;1-5(7)6(2,3)4;1-5(2,3)4(8)7-6;2*1-5(2,3)6-4-7;1-5(2,3)4-6;1-5(2,3)4;2*1-4(2,3)6-5;1-4(2,3)5;1-3(2)7(4,5)6/h4-7H,1-3H3;4-5H,1-3H3;5-6H2,1-4H3;5H2,1-4H3;5H,1H2,2-4H3;1-4H3;6H2,1-3H3,(H,7,8);2*4H,1-3H3,(H,6,7);4H,1-3H3;1-4H3;6H,5H2,1-3H3;5H2,1-3H3;5H2,1-3H3;3H,1-2H3. The van der Waals surface area contributed by atoms with Crippen molar-refractivity contribution in [3.05, 3.63) is 48.5 Å². The lowest BCUT2D eigenvalue weighted by Crippen LogP contribution is -2.45. The van der Waals surface area contributed by atoms with E-state index < -0.39 is 34.4 Å². The number of halogens is 1. The molecule has 0 radical (unpaired) electrons. The summed E-state index contributed by atoms with van der Waals surface area (Å²) < 4.78 is 41.6. The van der Waals surface area contributed by atoms with Crippen LogP contribution in [0.15, 0.2) is 53.6 Å². The Hall–Kier alpha value is -4.07. The van der Waals surface area contributed by atoms with E-state index in [-0.39, 0.29) is 84.1 Å². The van der Waals surface area contributed by atoms with Gasteiger partial charge in [0.15, 0.2) is 9.84 Å². The summed E-state index contributed by atoms with van der Waals surface area (Å²) in [6.45, 7) is 96.0. The molecule has 1 aliphatic rings. The molecule has 676 valence electrons. The molecule has 0 saturated carbocycles. The Labute approximate surface area is 712 Å². The van der Waals surface area contributed by atoms with Crippen LogP contribution in [-0.2, 0) is 62.1 Å². The summed E-state index contributed by atoms with van der Waals surface area (Å²) in [5.74, 6) is 15.0. The first-order valence-corrected chi connectivity index (χ1v) is 44.1. The van der Waals surface area contributed by atoms with Crippen LogP contribution in [0.25, 0.3) is 0 Å². The van der Waals surface area contributed by atoms with Crippen molar-refractivity contribution < 1.29 is 60.0 Å². The minimum absolute atomic E-state index is 0. The van der Waals surface area contributed by atoms with Crippen LogP contribution in [0.3, 0.4) is 0 Å². The Kier molecular flexibility index (Phi) is 76.9. The maximum Gasteiger partial charge on any atom is 0.254 e. The predicted octanol–water partition coefficient (Wildman–Crippen LogP) is 19.5. The second kappa shape index (κ2) is 63.0. The number of carbonyl (C=O) groups excluding carboxylic acids is 8. The predicted molar refractivity (Wildman–Crippen MR) is 495 cm³/mol. The summed E-state index contributed by atoms with van der Waals surface area (Å²) in [5.41, 5.74) is 11.3. The fourth-order valence-corrected chi connectivity index (χ4v) is 6.64. The Morgan fingerprint density at radius 2 is 0.929 bits per heavy atom.